The molecule has 7 nitrogen and oxygen atoms in total. The Balaban J connectivity index is 1.83. The van der Waals surface area contributed by atoms with Crippen LogP contribution in [0, 0.1) is 17.8 Å². The molecule has 0 bridgehead atoms. The molecule has 0 aromatic heterocycles. The van der Waals surface area contributed by atoms with E-state index in [0.717, 1.165) is 25.7 Å². The maximum atomic E-state index is 14.5. The Labute approximate surface area is 226 Å². The minimum absolute atomic E-state index is 0.00646. The molecule has 0 aromatic carbocycles. The van der Waals surface area contributed by atoms with Gasteiger partial charge in [-0.1, -0.05) is 64.8 Å². The van der Waals surface area contributed by atoms with Gasteiger partial charge in [-0.2, -0.15) is 0 Å². The second-order valence-corrected chi connectivity index (χ2v) is 13.6. The van der Waals surface area contributed by atoms with E-state index < -0.39 is 33.4 Å². The van der Waals surface area contributed by atoms with Gasteiger partial charge in [0.15, 0.2) is 0 Å². The Morgan fingerprint density at radius 2 is 1.62 bits per heavy atom. The standard InChI is InChI=1S/C29H45N3O4S/c1-6-8-9-15-31-17-11-13-29-23(22-25(34)30(14-7-2)16-10-12-28(22,5)37-29)26(35)32(24(29)27(31)36)21(19-33)18-20(3)4/h10-13,20-24,33H,6-9,14-19H2,1-5H3/t21-,22-,23+,24?,28+,29+/m1/s1. The van der Waals surface area contributed by atoms with Crippen LogP contribution in [0.5, 0.6) is 0 Å². The van der Waals surface area contributed by atoms with Crippen LogP contribution < -0.4 is 0 Å². The zero-order valence-corrected chi connectivity index (χ0v) is 24.0. The lowest BCUT2D eigenvalue weighted by atomic mass is 9.74. The third-order valence-electron chi connectivity index (χ3n) is 8.53. The molecule has 4 rings (SSSR count). The van der Waals surface area contributed by atoms with Crippen LogP contribution in [-0.4, -0.2) is 91.9 Å². The summed E-state index contributed by atoms with van der Waals surface area (Å²) >= 11 is 1.63. The van der Waals surface area contributed by atoms with E-state index in [1.54, 1.807) is 16.7 Å². The van der Waals surface area contributed by atoms with E-state index in [9.17, 15) is 19.5 Å². The molecule has 0 radical (unpaired) electrons. The van der Waals surface area contributed by atoms with Crippen LogP contribution in [0.2, 0.25) is 0 Å². The zero-order chi connectivity index (χ0) is 27.0. The molecular weight excluding hydrogens is 486 g/mol. The van der Waals surface area contributed by atoms with Crippen molar-refractivity contribution < 1.29 is 19.5 Å². The molecule has 6 atom stereocenters. The van der Waals surface area contributed by atoms with E-state index in [1.165, 1.54) is 0 Å². The number of hydrogen-bond acceptors (Lipinski definition) is 5. The van der Waals surface area contributed by atoms with E-state index in [4.69, 9.17) is 0 Å². The number of carbonyl (C=O) groups excluding carboxylic acids is 3. The first-order valence-electron chi connectivity index (χ1n) is 14.2. The molecule has 206 valence electrons. The van der Waals surface area contributed by atoms with Gasteiger partial charge in [0.25, 0.3) is 0 Å². The van der Waals surface area contributed by atoms with Crippen molar-refractivity contribution in [1.29, 1.82) is 0 Å². The van der Waals surface area contributed by atoms with Gasteiger partial charge < -0.3 is 19.8 Å². The van der Waals surface area contributed by atoms with Gasteiger partial charge in [-0.05, 0) is 32.1 Å². The van der Waals surface area contributed by atoms with Gasteiger partial charge in [-0.15, -0.1) is 11.8 Å². The summed E-state index contributed by atoms with van der Waals surface area (Å²) in [6.07, 6.45) is 12.8. The number of hydrogen-bond donors (Lipinski definition) is 1. The van der Waals surface area contributed by atoms with Gasteiger partial charge in [0.1, 0.15) is 6.04 Å². The largest absolute Gasteiger partial charge is 0.394 e. The van der Waals surface area contributed by atoms with Gasteiger partial charge in [-0.3, -0.25) is 14.4 Å². The van der Waals surface area contributed by atoms with Crippen LogP contribution in [0.1, 0.15) is 66.7 Å². The number of carbonyl (C=O) groups is 3. The van der Waals surface area contributed by atoms with Gasteiger partial charge in [0.2, 0.25) is 17.7 Å². The minimum Gasteiger partial charge on any atom is -0.394 e. The average Bonchev–Trinajstić information content (AvgIpc) is 3.13. The fourth-order valence-corrected chi connectivity index (χ4v) is 9.14. The number of thioether (sulfide) groups is 1. The zero-order valence-electron chi connectivity index (χ0n) is 23.2. The molecule has 1 spiro atoms. The first-order chi connectivity index (χ1) is 17.6. The molecule has 37 heavy (non-hydrogen) atoms. The third-order valence-corrected chi connectivity index (χ3v) is 10.3. The van der Waals surface area contributed by atoms with E-state index in [1.807, 2.05) is 15.9 Å². The molecule has 0 aliphatic carbocycles. The molecule has 2 saturated heterocycles. The summed E-state index contributed by atoms with van der Waals surface area (Å²) in [4.78, 5) is 48.3. The molecule has 0 saturated carbocycles. The number of nitrogens with zero attached hydrogens (tertiary/aromatic N) is 3. The number of aliphatic hydroxyl groups is 1. The molecular formula is C29H45N3O4S. The van der Waals surface area contributed by atoms with Gasteiger partial charge in [-0.25, -0.2) is 0 Å². The summed E-state index contributed by atoms with van der Waals surface area (Å²) in [5, 5.41) is 10.5. The van der Waals surface area contributed by atoms with E-state index in [2.05, 4.69) is 52.8 Å². The average molecular weight is 532 g/mol. The highest BCUT2D eigenvalue weighted by atomic mass is 32.2. The summed E-state index contributed by atoms with van der Waals surface area (Å²) in [6, 6.07) is -1.18. The SMILES string of the molecule is CCCCCN1CC=C[C@]23S[C@@]4(C)C=CCN(CCC)C(=O)[C@H]4[C@H]2C(=O)N([C@@H](CO)CC(C)C)C3C1=O. The Morgan fingerprint density at radius 1 is 0.946 bits per heavy atom. The maximum Gasteiger partial charge on any atom is 0.247 e. The van der Waals surface area contributed by atoms with Crippen molar-refractivity contribution >= 4 is 29.5 Å². The van der Waals surface area contributed by atoms with Crippen LogP contribution >= 0.6 is 11.8 Å². The molecule has 4 aliphatic rings. The van der Waals surface area contributed by atoms with Crippen molar-refractivity contribution in [3.63, 3.8) is 0 Å². The Hall–Kier alpha value is -1.80. The first-order valence-corrected chi connectivity index (χ1v) is 15.0. The van der Waals surface area contributed by atoms with Crippen molar-refractivity contribution in [3.8, 4) is 0 Å². The summed E-state index contributed by atoms with van der Waals surface area (Å²) < 4.78 is -1.42. The number of amides is 3. The molecule has 2 fully saturated rings. The number of aliphatic hydroxyl groups excluding tert-OH is 1. The maximum absolute atomic E-state index is 14.5. The highest BCUT2D eigenvalue weighted by molar-refractivity contribution is 8.02. The van der Waals surface area contributed by atoms with Gasteiger partial charge in [0.05, 0.1) is 29.2 Å². The number of fused-ring (bicyclic) bond motifs is 2. The molecule has 3 amide bonds. The van der Waals surface area contributed by atoms with E-state index >= 15 is 0 Å². The normalized spacial score (nSPS) is 34.1. The predicted molar refractivity (Wildman–Crippen MR) is 148 cm³/mol. The smallest absolute Gasteiger partial charge is 0.247 e. The van der Waals surface area contributed by atoms with Crippen LogP contribution in [0.3, 0.4) is 0 Å². The summed E-state index contributed by atoms with van der Waals surface area (Å²) in [7, 11) is 0. The van der Waals surface area contributed by atoms with E-state index in [-0.39, 0.29) is 30.2 Å². The topological polar surface area (TPSA) is 81.2 Å². The first kappa shape index (κ1) is 28.2. The van der Waals surface area contributed by atoms with Crippen LogP contribution in [0.15, 0.2) is 24.3 Å². The van der Waals surface area contributed by atoms with Crippen molar-refractivity contribution in [2.45, 2.75) is 88.3 Å². The molecule has 4 aliphatic heterocycles. The molecule has 1 unspecified atom stereocenters. The van der Waals surface area contributed by atoms with Crippen molar-refractivity contribution in [2.75, 3.05) is 32.8 Å². The number of unbranched alkanes of at least 4 members (excludes halogenated alkanes) is 2. The Bertz CT molecular complexity index is 951. The minimum atomic E-state index is -0.841. The fraction of sp³-hybridized carbons (Fsp3) is 0.759. The van der Waals surface area contributed by atoms with Crippen LogP contribution in [0.4, 0.5) is 0 Å². The van der Waals surface area contributed by atoms with Gasteiger partial charge >= 0.3 is 0 Å². The number of likely N-dealkylation sites (tertiary alicyclic amines) is 1. The summed E-state index contributed by atoms with van der Waals surface area (Å²) in [5.74, 6) is -1.14. The highest BCUT2D eigenvalue weighted by Crippen LogP contribution is 2.65. The Kier molecular flexibility index (Phi) is 8.49. The lowest BCUT2D eigenvalue weighted by Crippen LogP contribution is -2.57. The second-order valence-electron chi connectivity index (χ2n) is 11.8. The quantitative estimate of drug-likeness (QED) is 0.345. The number of rotatable bonds is 10. The highest BCUT2D eigenvalue weighted by Gasteiger charge is 2.74. The lowest BCUT2D eigenvalue weighted by molar-refractivity contribution is -0.147. The molecule has 0 aromatic rings. The van der Waals surface area contributed by atoms with Crippen molar-refractivity contribution in [1.82, 2.24) is 14.7 Å². The lowest BCUT2D eigenvalue weighted by Gasteiger charge is -2.40. The molecule has 8 heteroatoms. The summed E-state index contributed by atoms with van der Waals surface area (Å²) in [5.41, 5.74) is 0. The fourth-order valence-electron chi connectivity index (χ4n) is 7.00. The monoisotopic (exact) mass is 531 g/mol. The predicted octanol–water partition coefficient (Wildman–Crippen LogP) is 3.48. The molecule has 1 N–H and O–H groups in total. The van der Waals surface area contributed by atoms with Crippen LogP contribution in [-0.2, 0) is 14.4 Å². The van der Waals surface area contributed by atoms with Crippen molar-refractivity contribution in [2.24, 2.45) is 17.8 Å². The second kappa shape index (κ2) is 11.1. The summed E-state index contributed by atoms with van der Waals surface area (Å²) in [6.45, 7) is 12.6. The van der Waals surface area contributed by atoms with Crippen molar-refractivity contribution in [3.05, 3.63) is 24.3 Å². The van der Waals surface area contributed by atoms with E-state index in [0.29, 0.717) is 32.6 Å². The third kappa shape index (κ3) is 4.77. The Morgan fingerprint density at radius 3 is 2.24 bits per heavy atom. The van der Waals surface area contributed by atoms with Gasteiger partial charge in [0, 0.05) is 30.9 Å². The van der Waals surface area contributed by atoms with Crippen LogP contribution in [0.25, 0.3) is 0 Å². The molecule has 4 heterocycles.